The van der Waals surface area contributed by atoms with Crippen molar-refractivity contribution in [2.75, 3.05) is 11.9 Å². The first kappa shape index (κ1) is 11.9. The van der Waals surface area contributed by atoms with Crippen LogP contribution >= 0.6 is 0 Å². The molecule has 2 aromatic heterocycles. The van der Waals surface area contributed by atoms with E-state index in [0.717, 1.165) is 28.4 Å². The number of nitrogens with zero attached hydrogens (tertiary/aromatic N) is 4. The van der Waals surface area contributed by atoms with Gasteiger partial charge in [-0.3, -0.25) is 0 Å². The molecule has 83 valence electrons. The molecule has 0 aliphatic rings. The second-order valence-electron chi connectivity index (χ2n) is 3.69. The van der Waals surface area contributed by atoms with Crippen LogP contribution in [0.4, 0.5) is 5.69 Å². The SMILES string of the molecule is CN(C(=O)c1cn[c]([Zn])n1C)c1cccnc1. The van der Waals surface area contributed by atoms with Crippen molar-refractivity contribution in [2.24, 2.45) is 7.05 Å². The summed E-state index contributed by atoms with van der Waals surface area (Å²) in [6, 6.07) is 3.65. The van der Waals surface area contributed by atoms with Gasteiger partial charge in [-0.1, -0.05) is 0 Å². The second kappa shape index (κ2) is 4.76. The summed E-state index contributed by atoms with van der Waals surface area (Å²) in [6.07, 6.45) is 4.96. The number of pyridine rings is 1. The number of rotatable bonds is 2. The first-order valence-corrected chi connectivity index (χ1v) is 6.61. The van der Waals surface area contributed by atoms with Gasteiger partial charge >= 0.3 is 109 Å². The van der Waals surface area contributed by atoms with Gasteiger partial charge in [-0.15, -0.1) is 0 Å². The van der Waals surface area contributed by atoms with Crippen LogP contribution in [0.1, 0.15) is 10.5 Å². The van der Waals surface area contributed by atoms with Crippen molar-refractivity contribution >= 4 is 16.0 Å². The van der Waals surface area contributed by atoms with Gasteiger partial charge < -0.3 is 0 Å². The summed E-state index contributed by atoms with van der Waals surface area (Å²) in [5.74, 6) is -0.0762. The topological polar surface area (TPSA) is 51.0 Å². The Labute approximate surface area is 109 Å². The number of hydrogen-bond donors (Lipinski definition) is 0. The molecule has 0 unspecified atom stereocenters. The van der Waals surface area contributed by atoms with Crippen molar-refractivity contribution in [3.05, 3.63) is 36.4 Å². The van der Waals surface area contributed by atoms with Crippen molar-refractivity contribution in [1.82, 2.24) is 14.5 Å². The maximum absolute atomic E-state index is 12.2. The average molecular weight is 281 g/mol. The molecule has 2 heterocycles. The molecular formula is C11H11N4OZn. The van der Waals surface area contributed by atoms with Crippen LogP contribution < -0.4 is 9.32 Å². The van der Waals surface area contributed by atoms with E-state index in [-0.39, 0.29) is 5.91 Å². The molecular weight excluding hydrogens is 270 g/mol. The third kappa shape index (κ3) is 2.27. The molecule has 0 N–H and O–H groups in total. The molecule has 6 heteroatoms. The Bertz CT molecular complexity index is 538. The van der Waals surface area contributed by atoms with Gasteiger partial charge in [0.05, 0.1) is 0 Å². The van der Waals surface area contributed by atoms with Gasteiger partial charge in [0.2, 0.25) is 0 Å². The van der Waals surface area contributed by atoms with Gasteiger partial charge in [0.25, 0.3) is 0 Å². The Morgan fingerprint density at radius 3 is 2.76 bits per heavy atom. The third-order valence-electron chi connectivity index (χ3n) is 2.64. The molecule has 0 saturated carbocycles. The predicted octanol–water partition coefficient (Wildman–Crippen LogP) is 0.264. The molecule has 0 bridgehead atoms. The molecule has 0 spiro atoms. The summed E-state index contributed by atoms with van der Waals surface area (Å²) in [5.41, 5.74) is 1.37. The number of imidazole rings is 1. The van der Waals surface area contributed by atoms with E-state index in [1.54, 1.807) is 36.6 Å². The summed E-state index contributed by atoms with van der Waals surface area (Å²) in [4.78, 5) is 22.0. The van der Waals surface area contributed by atoms with Gasteiger partial charge in [-0.05, 0) is 0 Å². The second-order valence-corrected chi connectivity index (χ2v) is 5.02. The number of carbonyl (C=O) groups is 1. The fraction of sp³-hybridized carbons (Fsp3) is 0.182. The number of amides is 1. The van der Waals surface area contributed by atoms with Gasteiger partial charge in [-0.25, -0.2) is 0 Å². The van der Waals surface area contributed by atoms with Gasteiger partial charge in [-0.2, -0.15) is 0 Å². The standard InChI is InChI=1S/C11H11N4O.Zn/c1-14-8-13-7-10(14)11(16)15(2)9-4-3-5-12-6-9;/h3-7H,1-2H3;. The van der Waals surface area contributed by atoms with E-state index < -0.39 is 0 Å². The van der Waals surface area contributed by atoms with Crippen molar-refractivity contribution in [3.8, 4) is 0 Å². The molecule has 1 amide bonds. The molecule has 0 aromatic carbocycles. The third-order valence-corrected chi connectivity index (χ3v) is 4.02. The van der Waals surface area contributed by atoms with Crippen molar-refractivity contribution in [2.45, 2.75) is 0 Å². The summed E-state index contributed by atoms with van der Waals surface area (Å²) in [5, 5.41) is 0. The molecule has 17 heavy (non-hydrogen) atoms. The zero-order chi connectivity index (χ0) is 12.4. The van der Waals surface area contributed by atoms with Crippen LogP contribution in [0.15, 0.2) is 30.7 Å². The zero-order valence-corrected chi connectivity index (χ0v) is 12.8. The normalized spacial score (nSPS) is 10.4. The van der Waals surface area contributed by atoms with Gasteiger partial charge in [0.1, 0.15) is 0 Å². The number of hydrogen-bond acceptors (Lipinski definition) is 3. The van der Waals surface area contributed by atoms with Crippen LogP contribution in [0.5, 0.6) is 0 Å². The minimum atomic E-state index is -0.0762. The molecule has 0 atom stereocenters. The van der Waals surface area contributed by atoms with E-state index in [1.807, 2.05) is 17.7 Å². The van der Waals surface area contributed by atoms with Crippen LogP contribution in [0, 0.1) is 0 Å². The molecule has 2 aromatic rings. The fourth-order valence-corrected chi connectivity index (χ4v) is 2.04. The molecule has 0 radical (unpaired) electrons. The summed E-state index contributed by atoms with van der Waals surface area (Å²) < 4.78 is 2.77. The Hall–Kier alpha value is -1.55. The Kier molecular flexibility index (Phi) is 3.34. The average Bonchev–Trinajstić information content (AvgIpc) is 2.69. The quantitative estimate of drug-likeness (QED) is 0.742. The van der Waals surface area contributed by atoms with Crippen LogP contribution in [0.3, 0.4) is 0 Å². The van der Waals surface area contributed by atoms with Crippen LogP contribution in [0.25, 0.3) is 0 Å². The molecule has 0 saturated heterocycles. The summed E-state index contributed by atoms with van der Waals surface area (Å²) >= 11 is 0.931. The molecule has 0 aliphatic carbocycles. The Morgan fingerprint density at radius 1 is 1.47 bits per heavy atom. The Balaban J connectivity index is 2.30. The van der Waals surface area contributed by atoms with Crippen molar-refractivity contribution in [1.29, 1.82) is 0 Å². The zero-order valence-electron chi connectivity index (χ0n) is 9.79. The molecule has 5 nitrogen and oxygen atoms in total. The van der Waals surface area contributed by atoms with Crippen molar-refractivity contribution in [3.63, 3.8) is 0 Å². The van der Waals surface area contributed by atoms with Gasteiger partial charge in [0.15, 0.2) is 0 Å². The van der Waals surface area contributed by atoms with E-state index in [9.17, 15) is 4.79 Å². The van der Waals surface area contributed by atoms with Gasteiger partial charge in [0, 0.05) is 0 Å². The Morgan fingerprint density at radius 2 is 2.24 bits per heavy atom. The molecule has 0 fully saturated rings. The van der Waals surface area contributed by atoms with E-state index in [0.29, 0.717) is 5.69 Å². The monoisotopic (exact) mass is 279 g/mol. The molecule has 2 rings (SSSR count). The van der Waals surface area contributed by atoms with E-state index >= 15 is 0 Å². The van der Waals surface area contributed by atoms with E-state index in [1.165, 1.54) is 0 Å². The minimum absolute atomic E-state index is 0.0762. The number of carbonyl (C=O) groups excluding carboxylic acids is 1. The fourth-order valence-electron chi connectivity index (χ4n) is 1.49. The van der Waals surface area contributed by atoms with Crippen LogP contribution in [-0.2, 0) is 25.3 Å². The predicted molar refractivity (Wildman–Crippen MR) is 59.8 cm³/mol. The first-order chi connectivity index (χ1) is 8.11. The first-order valence-electron chi connectivity index (χ1n) is 5.13. The molecule has 0 aliphatic heterocycles. The van der Waals surface area contributed by atoms with Crippen molar-refractivity contribution < 1.29 is 23.1 Å². The van der Waals surface area contributed by atoms with E-state index in [4.69, 9.17) is 0 Å². The van der Waals surface area contributed by atoms with Crippen LogP contribution in [0.2, 0.25) is 0 Å². The summed E-state index contributed by atoms with van der Waals surface area (Å²) in [6.45, 7) is 0. The van der Waals surface area contributed by atoms with Crippen LogP contribution in [-0.4, -0.2) is 27.5 Å². The summed E-state index contributed by atoms with van der Waals surface area (Å²) in [7, 11) is 3.59. The number of aromatic nitrogens is 3. The maximum atomic E-state index is 12.2. The van der Waals surface area contributed by atoms with E-state index in [2.05, 4.69) is 9.97 Å². The number of anilines is 1.